The summed E-state index contributed by atoms with van der Waals surface area (Å²) in [6.45, 7) is 20.3. The van der Waals surface area contributed by atoms with Gasteiger partial charge < -0.3 is 9.30 Å². The molecule has 5 nitrogen and oxygen atoms in total. The van der Waals surface area contributed by atoms with E-state index >= 15 is 0 Å². The van der Waals surface area contributed by atoms with E-state index in [1.807, 2.05) is 35.1 Å². The number of rotatable bonds is 8. The van der Waals surface area contributed by atoms with Gasteiger partial charge >= 0.3 is 21.1 Å². The first-order valence-corrected chi connectivity index (χ1v) is 18.2. The van der Waals surface area contributed by atoms with Gasteiger partial charge in [-0.2, -0.15) is 17.2 Å². The molecule has 52 heavy (non-hydrogen) atoms. The van der Waals surface area contributed by atoms with Crippen LogP contribution in [-0.2, 0) is 39.3 Å². The minimum Gasteiger partial charge on any atom is -0.509 e. The van der Waals surface area contributed by atoms with Crippen LogP contribution in [0.5, 0.6) is 11.5 Å². The fraction of sp³-hybridized carbons (Fsp3) is 0.304. The molecule has 0 aliphatic carbocycles. The van der Waals surface area contributed by atoms with Crippen LogP contribution >= 0.6 is 0 Å². The van der Waals surface area contributed by atoms with Gasteiger partial charge in [0.05, 0.1) is 5.69 Å². The van der Waals surface area contributed by atoms with E-state index in [-0.39, 0.29) is 31.9 Å². The summed E-state index contributed by atoms with van der Waals surface area (Å²) in [4.78, 5) is 4.89. The second-order valence-electron chi connectivity index (χ2n) is 15.7. The number of aryl methyl sites for hydroxylation is 1. The summed E-state index contributed by atoms with van der Waals surface area (Å²) in [6.07, 6.45) is 3.59. The zero-order valence-electron chi connectivity index (χ0n) is 31.7. The van der Waals surface area contributed by atoms with Crippen LogP contribution in [0.1, 0.15) is 90.7 Å². The Bertz CT molecular complexity index is 2350. The molecule has 3 aromatic heterocycles. The number of nitrogens with zero attached hydrogens (tertiary/aromatic N) is 4. The third-order valence-corrected chi connectivity index (χ3v) is 10.3. The van der Waals surface area contributed by atoms with E-state index < -0.39 is 0 Å². The standard InChI is InChI=1S/C46H48N4O.Pt/c1-10-39-44(31-16-13-12-14-17-31)40(11-2)50(48-39)34-18-15-19-35(28-34)51-36-21-22-37-38-26-32(30(3)45(4,5)6)20-23-41(38)49(42(37)29-36)43-27-33(24-25-47-43)46(7,8)9;/h12-27,30H,10-11H2,1-9H3;/q-2;+2. The molecule has 0 bridgehead atoms. The maximum atomic E-state index is 6.56. The molecule has 1 unspecified atom stereocenters. The average Bonchev–Trinajstić information content (AvgIpc) is 3.66. The fourth-order valence-electron chi connectivity index (χ4n) is 6.97. The van der Waals surface area contributed by atoms with Crippen LogP contribution in [0.3, 0.4) is 0 Å². The van der Waals surface area contributed by atoms with Crippen molar-refractivity contribution in [2.24, 2.45) is 5.41 Å². The van der Waals surface area contributed by atoms with Crippen molar-refractivity contribution in [3.8, 4) is 34.1 Å². The van der Waals surface area contributed by atoms with E-state index in [1.54, 1.807) is 0 Å². The second kappa shape index (κ2) is 14.5. The van der Waals surface area contributed by atoms with Crippen molar-refractivity contribution in [3.63, 3.8) is 0 Å². The van der Waals surface area contributed by atoms with E-state index in [2.05, 4.69) is 146 Å². The van der Waals surface area contributed by atoms with E-state index in [1.165, 1.54) is 27.6 Å². The maximum absolute atomic E-state index is 6.56. The molecular formula is C46H48N4OPt. The Morgan fingerprint density at radius 1 is 0.769 bits per heavy atom. The summed E-state index contributed by atoms with van der Waals surface area (Å²) in [5, 5.41) is 7.38. The Morgan fingerprint density at radius 3 is 2.21 bits per heavy atom. The first kappa shape index (κ1) is 37.3. The molecule has 4 aromatic carbocycles. The molecule has 0 aliphatic rings. The molecule has 7 aromatic rings. The number of fused-ring (bicyclic) bond motifs is 3. The maximum Gasteiger partial charge on any atom is 2.00 e. The third-order valence-electron chi connectivity index (χ3n) is 10.3. The molecule has 0 N–H and O–H groups in total. The molecule has 0 saturated carbocycles. The van der Waals surface area contributed by atoms with Crippen LogP contribution in [0.2, 0.25) is 0 Å². The van der Waals surface area contributed by atoms with E-state index in [9.17, 15) is 0 Å². The van der Waals surface area contributed by atoms with Crippen LogP contribution in [0, 0.1) is 17.5 Å². The number of ether oxygens (including phenoxy) is 1. The summed E-state index contributed by atoms with van der Waals surface area (Å²) in [5.41, 5.74) is 10.2. The molecule has 0 radical (unpaired) electrons. The van der Waals surface area contributed by atoms with Crippen LogP contribution in [0.25, 0.3) is 44.4 Å². The van der Waals surface area contributed by atoms with Gasteiger partial charge in [0.15, 0.2) is 0 Å². The van der Waals surface area contributed by atoms with Gasteiger partial charge in [0, 0.05) is 34.5 Å². The summed E-state index contributed by atoms with van der Waals surface area (Å²) >= 11 is 0. The van der Waals surface area contributed by atoms with Crippen molar-refractivity contribution in [3.05, 3.63) is 132 Å². The SMILES string of the molecule is CCc1nn(-c2[c-]c(Oc3[c-]c4c(cc3)c3cc(C(C)C(C)(C)C)ccc3n4-c3cc(C(C)(C)C)ccn3)ccc2)c(CC)c1-c1ccccc1.[Pt+2]. The first-order valence-electron chi connectivity index (χ1n) is 18.2. The topological polar surface area (TPSA) is 44.9 Å². The van der Waals surface area contributed by atoms with Crippen molar-refractivity contribution in [2.75, 3.05) is 0 Å². The van der Waals surface area contributed by atoms with Crippen LogP contribution in [0.4, 0.5) is 0 Å². The Morgan fingerprint density at radius 2 is 1.52 bits per heavy atom. The molecule has 3 heterocycles. The van der Waals surface area contributed by atoms with Crippen LogP contribution in [-0.4, -0.2) is 19.3 Å². The quantitative estimate of drug-likeness (QED) is 0.143. The molecule has 268 valence electrons. The van der Waals surface area contributed by atoms with Gasteiger partial charge in [-0.15, -0.1) is 35.7 Å². The summed E-state index contributed by atoms with van der Waals surface area (Å²) < 4.78 is 10.8. The number of benzene rings is 4. The van der Waals surface area contributed by atoms with Gasteiger partial charge in [-0.3, -0.25) is 4.68 Å². The summed E-state index contributed by atoms with van der Waals surface area (Å²) in [6, 6.07) is 39.1. The summed E-state index contributed by atoms with van der Waals surface area (Å²) in [7, 11) is 0. The zero-order chi connectivity index (χ0) is 36.1. The van der Waals surface area contributed by atoms with Crippen molar-refractivity contribution in [2.45, 2.75) is 86.5 Å². The number of aromatic nitrogens is 4. The van der Waals surface area contributed by atoms with E-state index in [4.69, 9.17) is 14.8 Å². The molecular weight excluding hydrogens is 820 g/mol. The smallest absolute Gasteiger partial charge is 0.509 e. The van der Waals surface area contributed by atoms with Crippen molar-refractivity contribution in [1.82, 2.24) is 19.3 Å². The summed E-state index contributed by atoms with van der Waals surface area (Å²) in [5.74, 6) is 2.48. The minimum atomic E-state index is -0.0173. The van der Waals surface area contributed by atoms with Crippen LogP contribution in [0.15, 0.2) is 97.2 Å². The third kappa shape index (κ3) is 7.00. The average molecular weight is 868 g/mol. The molecule has 6 heteroatoms. The van der Waals surface area contributed by atoms with E-state index in [0.29, 0.717) is 17.4 Å². The van der Waals surface area contributed by atoms with Gasteiger partial charge in [0.2, 0.25) is 0 Å². The number of hydrogen-bond donors (Lipinski definition) is 0. The normalized spacial score (nSPS) is 12.6. The Labute approximate surface area is 323 Å². The molecule has 7 rings (SSSR count). The van der Waals surface area contributed by atoms with Crippen LogP contribution < -0.4 is 4.74 Å². The van der Waals surface area contributed by atoms with Crippen molar-refractivity contribution in [1.29, 1.82) is 0 Å². The van der Waals surface area contributed by atoms with E-state index in [0.717, 1.165) is 52.2 Å². The number of hydrogen-bond acceptors (Lipinski definition) is 3. The molecule has 0 amide bonds. The molecule has 0 saturated heterocycles. The van der Waals surface area contributed by atoms with Crippen molar-refractivity contribution >= 4 is 21.8 Å². The fourth-order valence-corrected chi connectivity index (χ4v) is 6.97. The van der Waals surface area contributed by atoms with Gasteiger partial charge in [0.25, 0.3) is 0 Å². The van der Waals surface area contributed by atoms with Gasteiger partial charge in [-0.1, -0.05) is 110 Å². The van der Waals surface area contributed by atoms with Gasteiger partial charge in [0.1, 0.15) is 5.82 Å². The molecule has 0 fully saturated rings. The largest absolute Gasteiger partial charge is 2.00 e. The number of pyridine rings is 1. The van der Waals surface area contributed by atoms with Gasteiger partial charge in [-0.05, 0) is 75.6 Å². The zero-order valence-corrected chi connectivity index (χ0v) is 34.0. The monoisotopic (exact) mass is 867 g/mol. The second-order valence-corrected chi connectivity index (χ2v) is 15.7. The molecule has 0 spiro atoms. The molecule has 0 aliphatic heterocycles. The Hall–Kier alpha value is -4.47. The predicted octanol–water partition coefficient (Wildman–Crippen LogP) is 12.0. The molecule has 1 atom stereocenters. The first-order chi connectivity index (χ1) is 24.4. The Balaban J connectivity index is 0.00000464. The van der Waals surface area contributed by atoms with Gasteiger partial charge in [-0.25, -0.2) is 4.98 Å². The Kier molecular flexibility index (Phi) is 10.4. The predicted molar refractivity (Wildman–Crippen MR) is 211 cm³/mol. The minimum absolute atomic E-state index is 0. The van der Waals surface area contributed by atoms with Crippen molar-refractivity contribution < 1.29 is 25.8 Å².